The molecule has 0 bridgehead atoms. The van der Waals surface area contributed by atoms with Gasteiger partial charge in [-0.2, -0.15) is 0 Å². The lowest BCUT2D eigenvalue weighted by Gasteiger charge is -2.30. The maximum absolute atomic E-state index is 12.5. The maximum Gasteiger partial charge on any atom is 0.234 e. The molecule has 0 radical (unpaired) electrons. The van der Waals surface area contributed by atoms with E-state index in [4.69, 9.17) is 16.3 Å². The molecule has 0 atom stereocenters. The van der Waals surface area contributed by atoms with Gasteiger partial charge in [0.05, 0.1) is 17.8 Å². The highest BCUT2D eigenvalue weighted by Crippen LogP contribution is 2.35. The Morgan fingerprint density at radius 3 is 2.26 bits per heavy atom. The van der Waals surface area contributed by atoms with Gasteiger partial charge in [-0.05, 0) is 23.8 Å². The fourth-order valence-electron chi connectivity index (χ4n) is 2.86. The number of methoxy groups -OCH3 is 1. The third kappa shape index (κ3) is 3.08. The lowest BCUT2D eigenvalue weighted by atomic mass is 9.88. The van der Waals surface area contributed by atoms with Crippen molar-refractivity contribution in [3.05, 3.63) is 59.1 Å². The van der Waals surface area contributed by atoms with Gasteiger partial charge in [0.25, 0.3) is 0 Å². The molecule has 23 heavy (non-hydrogen) atoms. The molecule has 1 aliphatic rings. The summed E-state index contributed by atoms with van der Waals surface area (Å²) in [6.07, 6.45) is 0.610. The van der Waals surface area contributed by atoms with Gasteiger partial charge in [0, 0.05) is 18.8 Å². The molecule has 2 aromatic rings. The summed E-state index contributed by atoms with van der Waals surface area (Å²) in [4.78, 5) is 26.2. The second-order valence-corrected chi connectivity index (χ2v) is 5.86. The zero-order valence-electron chi connectivity index (χ0n) is 12.7. The van der Waals surface area contributed by atoms with Crippen molar-refractivity contribution in [3.8, 4) is 5.75 Å². The van der Waals surface area contributed by atoms with Gasteiger partial charge >= 0.3 is 0 Å². The molecular weight excluding hydrogens is 314 g/mol. The van der Waals surface area contributed by atoms with Gasteiger partial charge in [0.1, 0.15) is 5.75 Å². The van der Waals surface area contributed by atoms with Crippen LogP contribution in [0.2, 0.25) is 5.02 Å². The Morgan fingerprint density at radius 2 is 1.70 bits per heavy atom. The van der Waals surface area contributed by atoms with Crippen LogP contribution in [0.25, 0.3) is 0 Å². The summed E-state index contributed by atoms with van der Waals surface area (Å²) in [5.74, 6) is 0.0170. The van der Waals surface area contributed by atoms with Crippen molar-refractivity contribution >= 4 is 29.1 Å². The minimum absolute atomic E-state index is 0.0684. The molecule has 0 aromatic heterocycles. The molecule has 0 aliphatic carbocycles. The highest BCUT2D eigenvalue weighted by atomic mass is 35.5. The van der Waals surface area contributed by atoms with Crippen LogP contribution in [0, 0.1) is 0 Å². The molecule has 2 amide bonds. The molecule has 1 heterocycles. The monoisotopic (exact) mass is 329 g/mol. The Bertz CT molecular complexity index is 727. The lowest BCUT2D eigenvalue weighted by Crippen LogP contribution is -2.42. The average molecular weight is 330 g/mol. The van der Waals surface area contributed by atoms with Crippen LogP contribution < -0.4 is 9.64 Å². The summed E-state index contributed by atoms with van der Waals surface area (Å²) in [6, 6.07) is 14.6. The predicted molar refractivity (Wildman–Crippen MR) is 88.9 cm³/mol. The Labute approximate surface area is 139 Å². The van der Waals surface area contributed by atoms with Crippen LogP contribution in [-0.4, -0.2) is 18.9 Å². The largest absolute Gasteiger partial charge is 0.495 e. The van der Waals surface area contributed by atoms with E-state index in [1.54, 1.807) is 18.2 Å². The van der Waals surface area contributed by atoms with Crippen molar-refractivity contribution in [2.75, 3.05) is 12.0 Å². The molecule has 0 saturated carbocycles. The third-order valence-electron chi connectivity index (χ3n) is 4.01. The van der Waals surface area contributed by atoms with E-state index in [2.05, 4.69) is 0 Å². The van der Waals surface area contributed by atoms with Crippen LogP contribution in [0.15, 0.2) is 48.5 Å². The Morgan fingerprint density at radius 1 is 1.04 bits per heavy atom. The first-order chi connectivity index (χ1) is 11.1. The lowest BCUT2D eigenvalue weighted by molar-refractivity contribution is -0.129. The second-order valence-electron chi connectivity index (χ2n) is 5.46. The minimum Gasteiger partial charge on any atom is -0.495 e. The van der Waals surface area contributed by atoms with Gasteiger partial charge in [-0.1, -0.05) is 41.9 Å². The number of imide groups is 1. The summed E-state index contributed by atoms with van der Waals surface area (Å²) in [7, 11) is 1.52. The number of rotatable bonds is 3. The number of anilines is 1. The number of amides is 2. The van der Waals surface area contributed by atoms with Crippen molar-refractivity contribution in [2.45, 2.75) is 18.8 Å². The van der Waals surface area contributed by atoms with Gasteiger partial charge in [-0.25, -0.2) is 0 Å². The van der Waals surface area contributed by atoms with E-state index in [0.29, 0.717) is 29.3 Å². The molecule has 5 heteroatoms. The molecule has 0 spiro atoms. The number of hydrogen-bond acceptors (Lipinski definition) is 3. The normalized spacial score (nSPS) is 15.8. The molecule has 1 aliphatic heterocycles. The minimum atomic E-state index is -0.212. The average Bonchev–Trinajstić information content (AvgIpc) is 2.55. The van der Waals surface area contributed by atoms with Gasteiger partial charge < -0.3 is 4.74 Å². The van der Waals surface area contributed by atoms with Crippen molar-refractivity contribution in [3.63, 3.8) is 0 Å². The molecule has 1 fully saturated rings. The molecule has 2 aromatic carbocycles. The Hall–Kier alpha value is -2.33. The molecule has 3 rings (SSSR count). The highest BCUT2D eigenvalue weighted by Gasteiger charge is 2.34. The number of benzene rings is 2. The summed E-state index contributed by atoms with van der Waals surface area (Å²) in [6.45, 7) is 0. The van der Waals surface area contributed by atoms with E-state index >= 15 is 0 Å². The van der Waals surface area contributed by atoms with E-state index in [9.17, 15) is 9.59 Å². The standard InChI is InChI=1S/C18H16ClNO3/c1-23-16-8-7-14(11-15(16)19)20-17(21)9-13(10-18(20)22)12-5-3-2-4-6-12/h2-8,11,13H,9-10H2,1H3. The topological polar surface area (TPSA) is 46.6 Å². The van der Waals surface area contributed by atoms with Crippen LogP contribution in [0.3, 0.4) is 0 Å². The Kier molecular flexibility index (Phi) is 4.35. The summed E-state index contributed by atoms with van der Waals surface area (Å²) < 4.78 is 5.10. The van der Waals surface area contributed by atoms with Crippen LogP contribution >= 0.6 is 11.6 Å². The van der Waals surface area contributed by atoms with E-state index < -0.39 is 0 Å². The summed E-state index contributed by atoms with van der Waals surface area (Å²) in [5, 5.41) is 0.371. The number of nitrogens with zero attached hydrogens (tertiary/aromatic N) is 1. The maximum atomic E-state index is 12.5. The zero-order valence-corrected chi connectivity index (χ0v) is 13.4. The molecule has 1 saturated heterocycles. The molecule has 0 unspecified atom stereocenters. The van der Waals surface area contributed by atoms with Crippen LogP contribution in [0.5, 0.6) is 5.75 Å². The number of halogens is 1. The summed E-state index contributed by atoms with van der Waals surface area (Å²) in [5.41, 5.74) is 1.50. The van der Waals surface area contributed by atoms with E-state index in [0.717, 1.165) is 5.56 Å². The van der Waals surface area contributed by atoms with Crippen LogP contribution in [-0.2, 0) is 9.59 Å². The molecule has 0 N–H and O–H groups in total. The number of ether oxygens (including phenoxy) is 1. The third-order valence-corrected chi connectivity index (χ3v) is 4.30. The van der Waals surface area contributed by atoms with E-state index in [-0.39, 0.29) is 17.7 Å². The number of carbonyl (C=O) groups excluding carboxylic acids is 2. The highest BCUT2D eigenvalue weighted by molar-refractivity contribution is 6.32. The van der Waals surface area contributed by atoms with Gasteiger partial charge in [0.2, 0.25) is 11.8 Å². The fourth-order valence-corrected chi connectivity index (χ4v) is 3.11. The van der Waals surface area contributed by atoms with Crippen molar-refractivity contribution in [1.29, 1.82) is 0 Å². The van der Waals surface area contributed by atoms with Crippen molar-refractivity contribution in [2.24, 2.45) is 0 Å². The molecular formula is C18H16ClNO3. The molecule has 118 valence electrons. The first kappa shape index (κ1) is 15.6. The second kappa shape index (κ2) is 6.42. The fraction of sp³-hybridized carbons (Fsp3) is 0.222. The van der Waals surface area contributed by atoms with Crippen molar-refractivity contribution < 1.29 is 14.3 Å². The first-order valence-corrected chi connectivity index (χ1v) is 7.72. The van der Waals surface area contributed by atoms with E-state index in [1.807, 2.05) is 30.3 Å². The van der Waals surface area contributed by atoms with Crippen LogP contribution in [0.4, 0.5) is 5.69 Å². The number of piperidine rings is 1. The molecule has 4 nitrogen and oxygen atoms in total. The van der Waals surface area contributed by atoms with Gasteiger partial charge in [-0.3, -0.25) is 14.5 Å². The SMILES string of the molecule is COc1ccc(N2C(=O)CC(c3ccccc3)CC2=O)cc1Cl. The number of carbonyl (C=O) groups is 2. The van der Waals surface area contributed by atoms with Gasteiger partial charge in [-0.15, -0.1) is 0 Å². The van der Waals surface area contributed by atoms with Crippen LogP contribution in [0.1, 0.15) is 24.3 Å². The zero-order chi connectivity index (χ0) is 16.4. The first-order valence-electron chi connectivity index (χ1n) is 7.34. The predicted octanol–water partition coefficient (Wildman–Crippen LogP) is 3.79. The number of hydrogen-bond donors (Lipinski definition) is 0. The smallest absolute Gasteiger partial charge is 0.234 e. The quantitative estimate of drug-likeness (QED) is 0.805. The van der Waals surface area contributed by atoms with Gasteiger partial charge in [0.15, 0.2) is 0 Å². The Balaban J connectivity index is 1.85. The van der Waals surface area contributed by atoms with Crippen molar-refractivity contribution in [1.82, 2.24) is 0 Å². The summed E-state index contributed by atoms with van der Waals surface area (Å²) >= 11 is 6.09. The van der Waals surface area contributed by atoms with E-state index in [1.165, 1.54) is 12.0 Å².